The van der Waals surface area contributed by atoms with E-state index in [1.54, 1.807) is 0 Å². The van der Waals surface area contributed by atoms with Crippen LogP contribution in [0.2, 0.25) is 5.02 Å². The average molecular weight is 305 g/mol. The minimum Gasteiger partial charge on any atom is -0.276 e. The first-order chi connectivity index (χ1) is 6.43. The molecular formula is C7H2BrCl2F2NO. The van der Waals surface area contributed by atoms with Crippen molar-refractivity contribution in [3.63, 3.8) is 0 Å². The number of carbonyl (C=O) groups excluding carboxylic acids is 1. The number of pyridine rings is 1. The molecule has 1 rings (SSSR count). The minimum absolute atomic E-state index is 0.0407. The Morgan fingerprint density at radius 2 is 2.14 bits per heavy atom. The molecule has 76 valence electrons. The van der Waals surface area contributed by atoms with Crippen molar-refractivity contribution in [3.8, 4) is 0 Å². The molecule has 1 heterocycles. The third-order valence-corrected chi connectivity index (χ3v) is 2.49. The smallest absolute Gasteiger partial charge is 0.276 e. The normalized spacial score (nSPS) is 10.7. The standard InChI is InChI=1S/C7H2BrCl2F2NO/c8-5-2(6(10)14)1-3(9)4(13-5)7(11)12/h1,7H. The summed E-state index contributed by atoms with van der Waals surface area (Å²) in [6, 6.07) is 1.05. The van der Waals surface area contributed by atoms with Gasteiger partial charge < -0.3 is 0 Å². The summed E-state index contributed by atoms with van der Waals surface area (Å²) in [6.07, 6.45) is -2.79. The van der Waals surface area contributed by atoms with Crippen LogP contribution in [-0.2, 0) is 0 Å². The van der Waals surface area contributed by atoms with E-state index in [-0.39, 0.29) is 15.2 Å². The van der Waals surface area contributed by atoms with Gasteiger partial charge in [-0.15, -0.1) is 0 Å². The van der Waals surface area contributed by atoms with Gasteiger partial charge in [-0.2, -0.15) is 0 Å². The summed E-state index contributed by atoms with van der Waals surface area (Å²) in [5.41, 5.74) is -0.624. The summed E-state index contributed by atoms with van der Waals surface area (Å²) in [5, 5.41) is -1.10. The number of carbonyl (C=O) groups is 1. The molecule has 1 aromatic heterocycles. The largest absolute Gasteiger partial charge is 0.281 e. The zero-order chi connectivity index (χ0) is 10.9. The Hall–Kier alpha value is -0.260. The molecule has 0 spiro atoms. The lowest BCUT2D eigenvalue weighted by Crippen LogP contribution is -1.99. The van der Waals surface area contributed by atoms with Crippen LogP contribution in [0.3, 0.4) is 0 Å². The van der Waals surface area contributed by atoms with E-state index in [0.29, 0.717) is 0 Å². The van der Waals surface area contributed by atoms with Crippen LogP contribution in [0, 0.1) is 0 Å². The molecule has 0 atom stereocenters. The van der Waals surface area contributed by atoms with E-state index < -0.39 is 17.4 Å². The predicted molar refractivity (Wildman–Crippen MR) is 52.1 cm³/mol. The fraction of sp³-hybridized carbons (Fsp3) is 0.143. The number of alkyl halides is 2. The number of hydrogen-bond acceptors (Lipinski definition) is 2. The lowest BCUT2D eigenvalue weighted by atomic mass is 10.2. The Morgan fingerprint density at radius 3 is 2.57 bits per heavy atom. The molecule has 14 heavy (non-hydrogen) atoms. The second kappa shape index (κ2) is 4.51. The van der Waals surface area contributed by atoms with E-state index in [1.165, 1.54) is 0 Å². The molecular weight excluding hydrogens is 303 g/mol. The van der Waals surface area contributed by atoms with Gasteiger partial charge in [-0.1, -0.05) is 11.6 Å². The van der Waals surface area contributed by atoms with Crippen LogP contribution in [0.15, 0.2) is 10.7 Å². The molecule has 0 aliphatic heterocycles. The van der Waals surface area contributed by atoms with Crippen molar-refractivity contribution in [1.29, 1.82) is 0 Å². The molecule has 0 aliphatic rings. The SMILES string of the molecule is O=C(Cl)c1cc(Cl)c(C(F)F)nc1Br. The Labute approximate surface area is 96.3 Å². The molecule has 0 bridgehead atoms. The Kier molecular flexibility index (Phi) is 3.80. The average Bonchev–Trinajstić information content (AvgIpc) is 2.07. The van der Waals surface area contributed by atoms with Crippen molar-refractivity contribution in [2.45, 2.75) is 6.43 Å². The van der Waals surface area contributed by atoms with Crippen molar-refractivity contribution in [2.75, 3.05) is 0 Å². The van der Waals surface area contributed by atoms with Crippen LogP contribution in [0.25, 0.3) is 0 Å². The molecule has 0 aliphatic carbocycles. The fourth-order valence-electron chi connectivity index (χ4n) is 0.770. The van der Waals surface area contributed by atoms with Crippen LogP contribution < -0.4 is 0 Å². The molecule has 1 aromatic rings. The van der Waals surface area contributed by atoms with E-state index >= 15 is 0 Å². The number of halogens is 5. The minimum atomic E-state index is -2.79. The van der Waals surface area contributed by atoms with Crippen molar-refractivity contribution in [3.05, 3.63) is 26.9 Å². The summed E-state index contributed by atoms with van der Waals surface area (Å²) < 4.78 is 24.5. The second-order valence-corrected chi connectivity index (χ2v) is 3.77. The summed E-state index contributed by atoms with van der Waals surface area (Å²) in [5.74, 6) is 0. The maximum Gasteiger partial charge on any atom is 0.281 e. The molecule has 0 saturated carbocycles. The third-order valence-electron chi connectivity index (χ3n) is 1.38. The molecule has 0 N–H and O–H groups in total. The van der Waals surface area contributed by atoms with Crippen molar-refractivity contribution in [2.24, 2.45) is 0 Å². The molecule has 0 radical (unpaired) electrons. The maximum absolute atomic E-state index is 12.3. The Bertz CT molecular complexity index is 386. The predicted octanol–water partition coefficient (Wildman–Crippen LogP) is 3.81. The summed E-state index contributed by atoms with van der Waals surface area (Å²) >= 11 is 13.5. The van der Waals surface area contributed by atoms with Gasteiger partial charge in [-0.25, -0.2) is 13.8 Å². The van der Waals surface area contributed by atoms with Gasteiger partial charge in [0.15, 0.2) is 0 Å². The van der Waals surface area contributed by atoms with E-state index in [9.17, 15) is 13.6 Å². The second-order valence-electron chi connectivity index (χ2n) is 2.27. The van der Waals surface area contributed by atoms with E-state index in [1.807, 2.05) is 0 Å². The summed E-state index contributed by atoms with van der Waals surface area (Å²) in [6.45, 7) is 0. The fourth-order valence-corrected chi connectivity index (χ4v) is 1.75. The third kappa shape index (κ3) is 2.40. The van der Waals surface area contributed by atoms with Gasteiger partial charge in [0.2, 0.25) is 0 Å². The van der Waals surface area contributed by atoms with Gasteiger partial charge in [-0.05, 0) is 33.6 Å². The first-order valence-corrected chi connectivity index (χ1v) is 4.82. The zero-order valence-corrected chi connectivity index (χ0v) is 9.50. The molecule has 0 aromatic carbocycles. The van der Waals surface area contributed by atoms with Crippen LogP contribution in [0.5, 0.6) is 0 Å². The van der Waals surface area contributed by atoms with Gasteiger partial charge in [0.25, 0.3) is 11.7 Å². The highest BCUT2D eigenvalue weighted by Gasteiger charge is 2.18. The summed E-state index contributed by atoms with van der Waals surface area (Å²) in [7, 11) is 0. The van der Waals surface area contributed by atoms with Gasteiger partial charge in [0.05, 0.1) is 10.6 Å². The Balaban J connectivity index is 3.31. The molecule has 2 nitrogen and oxygen atoms in total. The molecule has 0 saturated heterocycles. The van der Waals surface area contributed by atoms with E-state index in [2.05, 4.69) is 20.9 Å². The number of hydrogen-bond donors (Lipinski definition) is 0. The first kappa shape index (κ1) is 11.8. The van der Waals surface area contributed by atoms with Gasteiger partial charge in [0, 0.05) is 0 Å². The van der Waals surface area contributed by atoms with Crippen LogP contribution in [0.4, 0.5) is 8.78 Å². The Morgan fingerprint density at radius 1 is 1.57 bits per heavy atom. The molecule has 0 unspecified atom stereocenters. The maximum atomic E-state index is 12.3. The molecule has 7 heteroatoms. The highest BCUT2D eigenvalue weighted by atomic mass is 79.9. The van der Waals surface area contributed by atoms with Crippen LogP contribution in [-0.4, -0.2) is 10.2 Å². The summed E-state index contributed by atoms with van der Waals surface area (Å²) in [4.78, 5) is 14.2. The van der Waals surface area contributed by atoms with Crippen molar-refractivity contribution >= 4 is 44.4 Å². The molecule has 0 amide bonds. The van der Waals surface area contributed by atoms with E-state index in [4.69, 9.17) is 23.2 Å². The van der Waals surface area contributed by atoms with Crippen LogP contribution in [0.1, 0.15) is 22.5 Å². The van der Waals surface area contributed by atoms with E-state index in [0.717, 1.165) is 6.07 Å². The highest BCUT2D eigenvalue weighted by molar-refractivity contribution is 9.10. The van der Waals surface area contributed by atoms with Gasteiger partial charge in [0.1, 0.15) is 10.3 Å². The number of rotatable bonds is 2. The lowest BCUT2D eigenvalue weighted by molar-refractivity contribution is 0.107. The topological polar surface area (TPSA) is 30.0 Å². The molecule has 0 fully saturated rings. The highest BCUT2D eigenvalue weighted by Crippen LogP contribution is 2.29. The zero-order valence-electron chi connectivity index (χ0n) is 6.40. The monoisotopic (exact) mass is 303 g/mol. The number of aromatic nitrogens is 1. The van der Waals surface area contributed by atoms with Crippen molar-refractivity contribution in [1.82, 2.24) is 4.98 Å². The first-order valence-electron chi connectivity index (χ1n) is 3.27. The number of nitrogens with zero attached hydrogens (tertiary/aromatic N) is 1. The van der Waals surface area contributed by atoms with Gasteiger partial charge in [-0.3, -0.25) is 4.79 Å². The van der Waals surface area contributed by atoms with Gasteiger partial charge >= 0.3 is 0 Å². The van der Waals surface area contributed by atoms with Crippen LogP contribution >= 0.6 is 39.1 Å². The van der Waals surface area contributed by atoms with Crippen molar-refractivity contribution < 1.29 is 13.6 Å². The quantitative estimate of drug-likeness (QED) is 0.614. The lowest BCUT2D eigenvalue weighted by Gasteiger charge is -2.04.